The Morgan fingerprint density at radius 3 is 2.79 bits per heavy atom. The maximum Gasteiger partial charge on any atom is 0.162 e. The number of pyridine rings is 3. The number of hydrogen-bond acceptors (Lipinski definition) is 8. The van der Waals surface area contributed by atoms with Crippen LogP contribution in [0.25, 0.3) is 11.0 Å². The second kappa shape index (κ2) is 7.20. The van der Waals surface area contributed by atoms with Gasteiger partial charge in [0, 0.05) is 18.0 Å². The molecule has 0 saturated carbocycles. The van der Waals surface area contributed by atoms with Gasteiger partial charge in [0.05, 0.1) is 34.2 Å². The smallest absolute Gasteiger partial charge is 0.162 e. The van der Waals surface area contributed by atoms with Gasteiger partial charge >= 0.3 is 0 Å². The number of aromatic nitrogens is 3. The molecule has 0 aliphatic carbocycles. The number of nitrogens with two attached hydrogens (primary N) is 1. The van der Waals surface area contributed by atoms with Gasteiger partial charge in [-0.1, -0.05) is 11.6 Å². The molecule has 0 bridgehead atoms. The fourth-order valence-electron chi connectivity index (χ4n) is 3.05. The third-order valence-electron chi connectivity index (χ3n) is 4.70. The van der Waals surface area contributed by atoms with E-state index in [0.29, 0.717) is 27.6 Å². The number of sulfone groups is 1. The van der Waals surface area contributed by atoms with Crippen molar-refractivity contribution in [3.63, 3.8) is 0 Å². The van der Waals surface area contributed by atoms with Crippen molar-refractivity contribution in [1.29, 1.82) is 0 Å². The Balaban J connectivity index is 1.72. The summed E-state index contributed by atoms with van der Waals surface area (Å²) in [6.07, 6.45) is 4.08. The van der Waals surface area contributed by atoms with E-state index in [2.05, 4.69) is 25.3 Å². The highest BCUT2D eigenvalue weighted by Gasteiger charge is 2.35. The zero-order valence-corrected chi connectivity index (χ0v) is 16.7. The summed E-state index contributed by atoms with van der Waals surface area (Å²) in [5.41, 5.74) is 7.57. The molecule has 11 heteroatoms. The molecule has 3 aromatic heterocycles. The Kier molecular flexibility index (Phi) is 4.83. The molecule has 4 heterocycles. The first kappa shape index (κ1) is 19.5. The standard InChI is InChI=1S/C18H16ClFN6O2S/c1-9-18(21)26-15(8-29(9,27)28)11-5-16(23-7-12(11)20)25-13-2-3-22-14-4-10(19)6-24-17(13)14/h2-7,9,15H,8H2,1H3,(H2,21,26)(H,22,23,25). The van der Waals surface area contributed by atoms with Gasteiger partial charge in [0.15, 0.2) is 9.84 Å². The maximum atomic E-state index is 14.4. The molecule has 0 spiro atoms. The molecule has 2 unspecified atom stereocenters. The highest BCUT2D eigenvalue weighted by atomic mass is 35.5. The summed E-state index contributed by atoms with van der Waals surface area (Å²) in [5.74, 6) is -0.719. The van der Waals surface area contributed by atoms with Crippen LogP contribution in [0.4, 0.5) is 15.9 Å². The minimum Gasteiger partial charge on any atom is -0.386 e. The first-order valence-corrected chi connectivity index (χ1v) is 10.7. The Hall–Kier alpha value is -2.85. The van der Waals surface area contributed by atoms with E-state index in [4.69, 9.17) is 17.3 Å². The van der Waals surface area contributed by atoms with Crippen LogP contribution in [0.2, 0.25) is 5.02 Å². The first-order chi connectivity index (χ1) is 13.7. The molecule has 1 aliphatic rings. The Morgan fingerprint density at radius 1 is 1.24 bits per heavy atom. The molecule has 150 valence electrons. The lowest BCUT2D eigenvalue weighted by atomic mass is 10.1. The van der Waals surface area contributed by atoms with Crippen molar-refractivity contribution in [3.8, 4) is 0 Å². The van der Waals surface area contributed by atoms with Crippen molar-refractivity contribution >= 4 is 49.8 Å². The molecule has 2 atom stereocenters. The van der Waals surface area contributed by atoms with Gasteiger partial charge in [-0.15, -0.1) is 0 Å². The van der Waals surface area contributed by atoms with E-state index in [0.717, 1.165) is 6.20 Å². The molecule has 0 fully saturated rings. The van der Waals surface area contributed by atoms with E-state index in [1.807, 2.05) is 0 Å². The fourth-order valence-corrected chi connectivity index (χ4v) is 4.62. The SMILES string of the molecule is CC1C(N)=NC(c2cc(Nc3ccnc4cc(Cl)cnc34)ncc2F)CS1(=O)=O. The van der Waals surface area contributed by atoms with E-state index in [-0.39, 0.29) is 17.2 Å². The molecule has 0 radical (unpaired) electrons. The number of nitrogens with zero attached hydrogens (tertiary/aromatic N) is 4. The van der Waals surface area contributed by atoms with Gasteiger partial charge in [-0.25, -0.2) is 17.8 Å². The van der Waals surface area contributed by atoms with Crippen LogP contribution in [-0.4, -0.2) is 40.2 Å². The summed E-state index contributed by atoms with van der Waals surface area (Å²) in [4.78, 5) is 16.7. The molecule has 3 aromatic rings. The van der Waals surface area contributed by atoms with Crippen molar-refractivity contribution in [2.75, 3.05) is 11.1 Å². The van der Waals surface area contributed by atoms with Crippen molar-refractivity contribution in [2.45, 2.75) is 18.2 Å². The number of amidine groups is 1. The average molecular weight is 435 g/mol. The molecule has 0 aromatic carbocycles. The van der Waals surface area contributed by atoms with Gasteiger partial charge < -0.3 is 11.1 Å². The minimum absolute atomic E-state index is 0.0341. The van der Waals surface area contributed by atoms with E-state index >= 15 is 0 Å². The highest BCUT2D eigenvalue weighted by Crippen LogP contribution is 2.30. The zero-order chi connectivity index (χ0) is 20.8. The van der Waals surface area contributed by atoms with E-state index < -0.39 is 26.9 Å². The normalized spacial score (nSPS) is 21.0. The predicted octanol–water partition coefficient (Wildman–Crippen LogP) is 2.78. The lowest BCUT2D eigenvalue weighted by Gasteiger charge is -2.24. The second-order valence-electron chi connectivity index (χ2n) is 6.64. The number of anilines is 2. The predicted molar refractivity (Wildman–Crippen MR) is 110 cm³/mol. The molecule has 3 N–H and O–H groups in total. The fraction of sp³-hybridized carbons (Fsp3) is 0.222. The summed E-state index contributed by atoms with van der Waals surface area (Å²) < 4.78 is 39.0. The van der Waals surface area contributed by atoms with Gasteiger partial charge in [0.2, 0.25) is 0 Å². The monoisotopic (exact) mass is 434 g/mol. The summed E-state index contributed by atoms with van der Waals surface area (Å²) in [5, 5.41) is 2.63. The average Bonchev–Trinajstić information content (AvgIpc) is 2.67. The van der Waals surface area contributed by atoms with Gasteiger partial charge in [-0.3, -0.25) is 15.0 Å². The summed E-state index contributed by atoms with van der Waals surface area (Å²) in [6, 6.07) is 3.84. The van der Waals surface area contributed by atoms with Gasteiger partial charge in [-0.05, 0) is 25.1 Å². The Bertz CT molecular complexity index is 1250. The van der Waals surface area contributed by atoms with Crippen LogP contribution in [0.3, 0.4) is 0 Å². The summed E-state index contributed by atoms with van der Waals surface area (Å²) in [7, 11) is -3.52. The van der Waals surface area contributed by atoms with Crippen LogP contribution in [0.5, 0.6) is 0 Å². The Labute approximate surface area is 171 Å². The Morgan fingerprint density at radius 2 is 2.03 bits per heavy atom. The van der Waals surface area contributed by atoms with Crippen molar-refractivity contribution in [1.82, 2.24) is 15.0 Å². The van der Waals surface area contributed by atoms with Crippen LogP contribution in [0.15, 0.2) is 41.8 Å². The summed E-state index contributed by atoms with van der Waals surface area (Å²) >= 11 is 5.95. The summed E-state index contributed by atoms with van der Waals surface area (Å²) in [6.45, 7) is 1.47. The molecule has 29 heavy (non-hydrogen) atoms. The number of nitrogens with one attached hydrogen (secondary N) is 1. The van der Waals surface area contributed by atoms with Gasteiger partial charge in [-0.2, -0.15) is 0 Å². The number of aliphatic imine (C=N–C) groups is 1. The molecule has 4 rings (SSSR count). The minimum atomic E-state index is -3.52. The van der Waals surface area contributed by atoms with Crippen molar-refractivity contribution < 1.29 is 12.8 Å². The van der Waals surface area contributed by atoms with E-state index in [1.54, 1.807) is 18.3 Å². The number of halogens is 2. The number of fused-ring (bicyclic) bond motifs is 1. The van der Waals surface area contributed by atoms with Crippen molar-refractivity contribution in [2.24, 2.45) is 10.7 Å². The molecular weight excluding hydrogens is 419 g/mol. The van der Waals surface area contributed by atoms with Crippen LogP contribution in [0.1, 0.15) is 18.5 Å². The van der Waals surface area contributed by atoms with E-state index in [1.165, 1.54) is 19.2 Å². The molecular formula is C18H16ClFN6O2S. The van der Waals surface area contributed by atoms with Crippen molar-refractivity contribution in [3.05, 3.63) is 53.2 Å². The van der Waals surface area contributed by atoms with Crippen LogP contribution < -0.4 is 11.1 Å². The van der Waals surface area contributed by atoms with Gasteiger partial charge in [0.1, 0.15) is 28.2 Å². The number of rotatable bonds is 3. The second-order valence-corrected chi connectivity index (χ2v) is 9.44. The first-order valence-electron chi connectivity index (χ1n) is 8.62. The molecule has 8 nitrogen and oxygen atoms in total. The van der Waals surface area contributed by atoms with Crippen LogP contribution in [-0.2, 0) is 9.84 Å². The molecule has 0 amide bonds. The maximum absolute atomic E-state index is 14.4. The topological polar surface area (TPSA) is 123 Å². The lowest BCUT2D eigenvalue weighted by Crippen LogP contribution is -2.40. The largest absolute Gasteiger partial charge is 0.386 e. The highest BCUT2D eigenvalue weighted by molar-refractivity contribution is 7.92. The quantitative estimate of drug-likeness (QED) is 0.649. The zero-order valence-electron chi connectivity index (χ0n) is 15.2. The lowest BCUT2D eigenvalue weighted by molar-refractivity contribution is 0.565. The van der Waals surface area contributed by atoms with Crippen LogP contribution in [0, 0.1) is 5.82 Å². The molecule has 1 aliphatic heterocycles. The van der Waals surface area contributed by atoms with Gasteiger partial charge in [0.25, 0.3) is 0 Å². The third-order valence-corrected chi connectivity index (χ3v) is 7.01. The van der Waals surface area contributed by atoms with Crippen LogP contribution >= 0.6 is 11.6 Å². The third kappa shape index (κ3) is 3.73. The molecule has 0 saturated heterocycles. The van der Waals surface area contributed by atoms with E-state index in [9.17, 15) is 12.8 Å². The number of hydrogen-bond donors (Lipinski definition) is 2.